The Hall–Kier alpha value is -2.92. The van der Waals surface area contributed by atoms with E-state index in [4.69, 9.17) is 0 Å². The second-order valence-electron chi connectivity index (χ2n) is 6.96. The highest BCUT2D eigenvalue weighted by molar-refractivity contribution is 7.19. The van der Waals surface area contributed by atoms with Crippen molar-refractivity contribution >= 4 is 27.5 Å². The maximum Gasteiger partial charge on any atom is 0.268 e. The van der Waals surface area contributed by atoms with Crippen LogP contribution in [0, 0.1) is 19.7 Å². The number of nitrogens with zero attached hydrogens (tertiary/aromatic N) is 1. The lowest BCUT2D eigenvalue weighted by atomic mass is 10.1. The van der Waals surface area contributed by atoms with Gasteiger partial charge in [0.05, 0.1) is 10.2 Å². The average Bonchev–Trinajstić information content (AvgIpc) is 3.18. The largest absolute Gasteiger partial charge is 0.347 e. The molecule has 0 unspecified atom stereocenters. The van der Waals surface area contributed by atoms with E-state index in [2.05, 4.69) is 41.9 Å². The number of halogens is 1. The van der Waals surface area contributed by atoms with Crippen LogP contribution in [-0.4, -0.2) is 10.5 Å². The van der Waals surface area contributed by atoms with E-state index in [-0.39, 0.29) is 11.7 Å². The van der Waals surface area contributed by atoms with Gasteiger partial charge in [-0.05, 0) is 54.8 Å². The van der Waals surface area contributed by atoms with Crippen LogP contribution in [-0.2, 0) is 13.1 Å². The number of aryl methyl sites for hydroxylation is 2. The van der Waals surface area contributed by atoms with E-state index in [1.807, 2.05) is 18.2 Å². The lowest BCUT2D eigenvalue weighted by Crippen LogP contribution is -2.25. The number of benzene rings is 2. The standard InChI is InChI=1S/C23H21FN2OS/c1-15-6-3-4-8-18(15)14-26-20-10-16(2)28-22(20)12-21(26)23(27)25-13-17-7-5-9-19(24)11-17/h3-12H,13-14H2,1-2H3,(H,25,27). The van der Waals surface area contributed by atoms with Crippen LogP contribution >= 0.6 is 11.3 Å². The van der Waals surface area contributed by atoms with Crippen molar-refractivity contribution in [2.75, 3.05) is 0 Å². The Morgan fingerprint density at radius 1 is 1.07 bits per heavy atom. The second-order valence-corrected chi connectivity index (χ2v) is 8.25. The highest BCUT2D eigenvalue weighted by Gasteiger charge is 2.18. The first-order valence-corrected chi connectivity index (χ1v) is 10.00. The van der Waals surface area contributed by atoms with Crippen LogP contribution in [0.25, 0.3) is 10.2 Å². The minimum atomic E-state index is -0.300. The fourth-order valence-corrected chi connectivity index (χ4v) is 4.36. The molecule has 1 amide bonds. The predicted octanol–water partition coefficient (Wildman–Crippen LogP) is 5.44. The summed E-state index contributed by atoms with van der Waals surface area (Å²) < 4.78 is 16.5. The lowest BCUT2D eigenvalue weighted by Gasteiger charge is -2.13. The van der Waals surface area contributed by atoms with Crippen LogP contribution in [0.15, 0.2) is 60.7 Å². The SMILES string of the molecule is Cc1cc2c(cc(C(=O)NCc3cccc(F)c3)n2Cc2ccccc2C)s1. The summed E-state index contributed by atoms with van der Waals surface area (Å²) in [7, 11) is 0. The zero-order valence-electron chi connectivity index (χ0n) is 15.8. The number of hydrogen-bond acceptors (Lipinski definition) is 2. The minimum Gasteiger partial charge on any atom is -0.347 e. The van der Waals surface area contributed by atoms with Crippen molar-refractivity contribution in [3.8, 4) is 0 Å². The summed E-state index contributed by atoms with van der Waals surface area (Å²) in [6, 6.07) is 18.6. The minimum absolute atomic E-state index is 0.154. The Kier molecular flexibility index (Phi) is 5.01. The molecule has 5 heteroatoms. The van der Waals surface area contributed by atoms with Crippen molar-refractivity contribution in [3.05, 3.63) is 93.7 Å². The van der Waals surface area contributed by atoms with Crippen LogP contribution in [0.4, 0.5) is 4.39 Å². The monoisotopic (exact) mass is 392 g/mol. The van der Waals surface area contributed by atoms with Gasteiger partial charge in [0, 0.05) is 18.0 Å². The van der Waals surface area contributed by atoms with Gasteiger partial charge < -0.3 is 9.88 Å². The maximum atomic E-state index is 13.4. The van der Waals surface area contributed by atoms with Gasteiger partial charge in [-0.3, -0.25) is 4.79 Å². The highest BCUT2D eigenvalue weighted by Crippen LogP contribution is 2.30. The van der Waals surface area contributed by atoms with Crippen molar-refractivity contribution < 1.29 is 9.18 Å². The van der Waals surface area contributed by atoms with Crippen molar-refractivity contribution in [1.82, 2.24) is 9.88 Å². The molecule has 0 aliphatic heterocycles. The highest BCUT2D eigenvalue weighted by atomic mass is 32.1. The predicted molar refractivity (Wildman–Crippen MR) is 112 cm³/mol. The number of nitrogens with one attached hydrogen (secondary N) is 1. The molecule has 0 radical (unpaired) electrons. The number of carbonyl (C=O) groups is 1. The first-order valence-electron chi connectivity index (χ1n) is 9.18. The van der Waals surface area contributed by atoms with E-state index in [1.54, 1.807) is 23.5 Å². The second kappa shape index (κ2) is 7.60. The van der Waals surface area contributed by atoms with Gasteiger partial charge in [0.25, 0.3) is 5.91 Å². The quantitative estimate of drug-likeness (QED) is 0.482. The molecule has 2 aromatic heterocycles. The van der Waals surface area contributed by atoms with E-state index in [0.29, 0.717) is 18.8 Å². The van der Waals surface area contributed by atoms with Crippen LogP contribution in [0.2, 0.25) is 0 Å². The molecule has 0 spiro atoms. The molecule has 142 valence electrons. The molecule has 2 heterocycles. The van der Waals surface area contributed by atoms with Crippen molar-refractivity contribution in [2.45, 2.75) is 26.9 Å². The van der Waals surface area contributed by atoms with Crippen LogP contribution in [0.3, 0.4) is 0 Å². The molecular formula is C23H21FN2OS. The molecule has 0 aliphatic rings. The summed E-state index contributed by atoms with van der Waals surface area (Å²) in [5, 5.41) is 2.93. The van der Waals surface area contributed by atoms with Crippen molar-refractivity contribution in [2.24, 2.45) is 0 Å². The summed E-state index contributed by atoms with van der Waals surface area (Å²) in [6.45, 7) is 5.08. The van der Waals surface area contributed by atoms with E-state index in [9.17, 15) is 9.18 Å². The summed E-state index contributed by atoms with van der Waals surface area (Å²) in [5.74, 6) is -0.454. The number of fused-ring (bicyclic) bond motifs is 1. The van der Waals surface area contributed by atoms with Gasteiger partial charge in [-0.15, -0.1) is 11.3 Å². The number of aromatic nitrogens is 1. The van der Waals surface area contributed by atoms with E-state index < -0.39 is 0 Å². The van der Waals surface area contributed by atoms with Crippen LogP contribution in [0.1, 0.15) is 32.1 Å². The average molecular weight is 392 g/mol. The summed E-state index contributed by atoms with van der Waals surface area (Å²) in [5.41, 5.74) is 4.82. The van der Waals surface area contributed by atoms with Gasteiger partial charge in [-0.25, -0.2) is 4.39 Å². The number of carbonyl (C=O) groups excluding carboxylic acids is 1. The topological polar surface area (TPSA) is 34.0 Å². The molecule has 0 bridgehead atoms. The lowest BCUT2D eigenvalue weighted by molar-refractivity contribution is 0.0942. The van der Waals surface area contributed by atoms with Gasteiger partial charge in [0.15, 0.2) is 0 Å². The third-order valence-corrected chi connectivity index (χ3v) is 5.86. The Bertz CT molecular complexity index is 1160. The molecule has 0 atom stereocenters. The molecule has 28 heavy (non-hydrogen) atoms. The molecular weight excluding hydrogens is 371 g/mol. The van der Waals surface area contributed by atoms with Gasteiger partial charge in [0.2, 0.25) is 0 Å². The molecule has 0 fully saturated rings. The first kappa shape index (κ1) is 18.4. The zero-order valence-corrected chi connectivity index (χ0v) is 16.6. The van der Waals surface area contributed by atoms with E-state index >= 15 is 0 Å². The third-order valence-electron chi connectivity index (χ3n) is 4.88. The number of rotatable bonds is 5. The van der Waals surface area contributed by atoms with Gasteiger partial charge >= 0.3 is 0 Å². The molecule has 0 saturated heterocycles. The van der Waals surface area contributed by atoms with Crippen molar-refractivity contribution in [3.63, 3.8) is 0 Å². The smallest absolute Gasteiger partial charge is 0.268 e. The molecule has 0 aliphatic carbocycles. The third kappa shape index (κ3) is 3.71. The van der Waals surface area contributed by atoms with Crippen LogP contribution in [0.5, 0.6) is 0 Å². The zero-order chi connectivity index (χ0) is 19.7. The summed E-state index contributed by atoms with van der Waals surface area (Å²) in [4.78, 5) is 14.1. The van der Waals surface area contributed by atoms with Gasteiger partial charge in [-0.2, -0.15) is 0 Å². The first-order chi connectivity index (χ1) is 13.5. The Labute approximate surface area is 167 Å². The Morgan fingerprint density at radius 2 is 1.89 bits per heavy atom. The van der Waals surface area contributed by atoms with E-state index in [1.165, 1.54) is 28.1 Å². The van der Waals surface area contributed by atoms with Gasteiger partial charge in [0.1, 0.15) is 11.5 Å². The number of thiophene rings is 1. The number of hydrogen-bond donors (Lipinski definition) is 1. The molecule has 0 saturated carbocycles. The molecule has 1 N–H and O–H groups in total. The van der Waals surface area contributed by atoms with Crippen LogP contribution < -0.4 is 5.32 Å². The summed E-state index contributed by atoms with van der Waals surface area (Å²) >= 11 is 1.69. The fourth-order valence-electron chi connectivity index (χ4n) is 3.40. The molecule has 3 nitrogen and oxygen atoms in total. The maximum absolute atomic E-state index is 13.4. The van der Waals surface area contributed by atoms with Gasteiger partial charge in [-0.1, -0.05) is 36.4 Å². The Balaban J connectivity index is 1.65. The van der Waals surface area contributed by atoms with E-state index in [0.717, 1.165) is 15.8 Å². The Morgan fingerprint density at radius 3 is 2.68 bits per heavy atom. The molecule has 4 rings (SSSR count). The van der Waals surface area contributed by atoms with Crippen molar-refractivity contribution in [1.29, 1.82) is 0 Å². The fraction of sp³-hybridized carbons (Fsp3) is 0.174. The normalized spacial score (nSPS) is 11.1. The number of amides is 1. The molecule has 4 aromatic rings. The summed E-state index contributed by atoms with van der Waals surface area (Å²) in [6.07, 6.45) is 0. The molecule has 2 aromatic carbocycles.